The highest BCUT2D eigenvalue weighted by molar-refractivity contribution is 9.10. The summed E-state index contributed by atoms with van der Waals surface area (Å²) in [6.45, 7) is 2.28. The minimum Gasteiger partial charge on any atom is -0.319 e. The summed E-state index contributed by atoms with van der Waals surface area (Å²) in [5.74, 6) is -0.180. The lowest BCUT2D eigenvalue weighted by Gasteiger charge is -2.27. The molecule has 0 aromatic heterocycles. The number of amides is 3. The average Bonchev–Trinajstić information content (AvgIpc) is 2.81. The molecule has 3 rings (SSSR count). The Bertz CT molecular complexity index is 763. The first-order chi connectivity index (χ1) is 11.6. The Morgan fingerprint density at radius 1 is 1.08 bits per heavy atom. The Hall–Kier alpha value is -2.14. The molecule has 1 aliphatic heterocycles. The van der Waals surface area contributed by atoms with Crippen molar-refractivity contribution in [1.82, 2.24) is 10.2 Å². The summed E-state index contributed by atoms with van der Waals surface area (Å²) in [5.41, 5.74) is 0.786. The van der Waals surface area contributed by atoms with Crippen molar-refractivity contribution in [2.75, 3.05) is 0 Å². The second kappa shape index (κ2) is 6.77. The molecule has 0 radical (unpaired) electrons. The molecular formula is C19H19BrN2O2. The minimum atomic E-state index is -0.959. The highest BCUT2D eigenvalue weighted by Crippen LogP contribution is 2.34. The van der Waals surface area contributed by atoms with E-state index in [-0.39, 0.29) is 18.5 Å². The monoisotopic (exact) mass is 386 g/mol. The average molecular weight is 387 g/mol. The van der Waals surface area contributed by atoms with Gasteiger partial charge in [0.15, 0.2) is 0 Å². The number of imide groups is 1. The summed E-state index contributed by atoms with van der Waals surface area (Å²) in [4.78, 5) is 27.0. The first kappa shape index (κ1) is 16.7. The van der Waals surface area contributed by atoms with E-state index in [9.17, 15) is 9.59 Å². The van der Waals surface area contributed by atoms with E-state index >= 15 is 0 Å². The largest absolute Gasteiger partial charge is 0.325 e. The van der Waals surface area contributed by atoms with Crippen LogP contribution in [0.5, 0.6) is 0 Å². The summed E-state index contributed by atoms with van der Waals surface area (Å²) < 4.78 is 0.926. The Morgan fingerprint density at radius 3 is 2.50 bits per heavy atom. The fourth-order valence-electron chi connectivity index (χ4n) is 3.19. The Balaban J connectivity index is 1.94. The van der Waals surface area contributed by atoms with Crippen molar-refractivity contribution < 1.29 is 9.59 Å². The van der Waals surface area contributed by atoms with E-state index in [1.165, 1.54) is 4.90 Å². The maximum Gasteiger partial charge on any atom is 0.325 e. The highest BCUT2D eigenvalue weighted by Gasteiger charge is 2.51. The molecule has 0 aliphatic carbocycles. The van der Waals surface area contributed by atoms with Gasteiger partial charge in [0.25, 0.3) is 5.91 Å². The number of carbonyl (C=O) groups excluding carboxylic acids is 2. The summed E-state index contributed by atoms with van der Waals surface area (Å²) in [6.07, 6.45) is 1.38. The van der Waals surface area contributed by atoms with Crippen molar-refractivity contribution in [2.24, 2.45) is 0 Å². The van der Waals surface area contributed by atoms with Crippen LogP contribution >= 0.6 is 15.9 Å². The Labute approximate surface area is 150 Å². The molecule has 1 aliphatic rings. The maximum atomic E-state index is 13.1. The highest BCUT2D eigenvalue weighted by atomic mass is 79.9. The van der Waals surface area contributed by atoms with Crippen LogP contribution in [0.15, 0.2) is 59.1 Å². The van der Waals surface area contributed by atoms with Gasteiger partial charge in [-0.2, -0.15) is 0 Å². The smallest absolute Gasteiger partial charge is 0.319 e. The maximum absolute atomic E-state index is 13.1. The third kappa shape index (κ3) is 2.96. The fraction of sp³-hybridized carbons (Fsp3) is 0.263. The third-order valence-corrected chi connectivity index (χ3v) is 4.79. The predicted molar refractivity (Wildman–Crippen MR) is 96.3 cm³/mol. The third-order valence-electron chi connectivity index (χ3n) is 4.30. The van der Waals surface area contributed by atoms with Crippen LogP contribution in [-0.4, -0.2) is 16.8 Å². The lowest BCUT2D eigenvalue weighted by Crippen LogP contribution is -2.43. The van der Waals surface area contributed by atoms with E-state index in [2.05, 4.69) is 21.2 Å². The standard InChI is InChI=1S/C19H19BrN2O2/c1-2-11-19(15-8-4-3-5-9-15)17(23)22(18(24)21-19)13-14-7-6-10-16(20)12-14/h3-10,12H,2,11,13H2,1H3,(H,21,24)/t19-/m1/s1. The van der Waals surface area contributed by atoms with Gasteiger partial charge in [0.05, 0.1) is 6.54 Å². The number of urea groups is 1. The minimum absolute atomic E-state index is 0.180. The van der Waals surface area contributed by atoms with Gasteiger partial charge in [-0.3, -0.25) is 9.69 Å². The number of nitrogens with one attached hydrogen (secondary N) is 1. The molecule has 1 fully saturated rings. The van der Waals surface area contributed by atoms with Gasteiger partial charge < -0.3 is 5.32 Å². The number of nitrogens with zero attached hydrogens (tertiary/aromatic N) is 1. The molecule has 1 saturated heterocycles. The molecule has 0 bridgehead atoms. The van der Waals surface area contributed by atoms with Crippen LogP contribution in [-0.2, 0) is 16.9 Å². The molecule has 1 heterocycles. The van der Waals surface area contributed by atoms with Crippen LogP contribution in [0.25, 0.3) is 0 Å². The molecule has 5 heteroatoms. The zero-order chi connectivity index (χ0) is 17.2. The summed E-state index contributed by atoms with van der Waals surface area (Å²) in [5, 5.41) is 2.95. The molecule has 1 N–H and O–H groups in total. The van der Waals surface area contributed by atoms with E-state index in [4.69, 9.17) is 0 Å². The SMILES string of the molecule is CCC[C@]1(c2ccccc2)NC(=O)N(Cc2cccc(Br)c2)C1=O. The first-order valence-electron chi connectivity index (χ1n) is 8.01. The van der Waals surface area contributed by atoms with Crippen LogP contribution in [0, 0.1) is 0 Å². The van der Waals surface area contributed by atoms with E-state index in [1.54, 1.807) is 0 Å². The number of halogens is 1. The van der Waals surface area contributed by atoms with Gasteiger partial charge in [0.1, 0.15) is 5.54 Å². The van der Waals surface area contributed by atoms with Gasteiger partial charge >= 0.3 is 6.03 Å². The predicted octanol–water partition coefficient (Wildman–Crippen LogP) is 4.20. The lowest BCUT2D eigenvalue weighted by molar-refractivity contribution is -0.132. The van der Waals surface area contributed by atoms with E-state index < -0.39 is 5.54 Å². The quantitative estimate of drug-likeness (QED) is 0.782. The van der Waals surface area contributed by atoms with Gasteiger partial charge in [0.2, 0.25) is 0 Å². The van der Waals surface area contributed by atoms with E-state index in [0.29, 0.717) is 6.42 Å². The molecule has 3 amide bonds. The van der Waals surface area contributed by atoms with Crippen LogP contribution in [0.1, 0.15) is 30.9 Å². The Morgan fingerprint density at radius 2 is 1.83 bits per heavy atom. The van der Waals surface area contributed by atoms with Crippen molar-refractivity contribution in [3.05, 3.63) is 70.2 Å². The van der Waals surface area contributed by atoms with Crippen LogP contribution in [0.4, 0.5) is 4.79 Å². The van der Waals surface area contributed by atoms with Crippen molar-refractivity contribution in [3.63, 3.8) is 0 Å². The molecule has 0 unspecified atom stereocenters. The van der Waals surface area contributed by atoms with Crippen molar-refractivity contribution in [3.8, 4) is 0 Å². The number of benzene rings is 2. The van der Waals surface area contributed by atoms with Crippen LogP contribution in [0.2, 0.25) is 0 Å². The van der Waals surface area contributed by atoms with E-state index in [0.717, 1.165) is 22.0 Å². The van der Waals surface area contributed by atoms with Crippen molar-refractivity contribution >= 4 is 27.9 Å². The molecule has 2 aromatic carbocycles. The number of hydrogen-bond acceptors (Lipinski definition) is 2. The van der Waals surface area contributed by atoms with Gasteiger partial charge in [-0.25, -0.2) is 4.79 Å². The van der Waals surface area contributed by atoms with Crippen LogP contribution < -0.4 is 5.32 Å². The molecule has 1 atom stereocenters. The Kier molecular flexibility index (Phi) is 4.71. The van der Waals surface area contributed by atoms with Gasteiger partial charge in [0, 0.05) is 4.47 Å². The van der Waals surface area contributed by atoms with Gasteiger partial charge in [-0.1, -0.05) is 71.7 Å². The molecule has 4 nitrogen and oxygen atoms in total. The topological polar surface area (TPSA) is 49.4 Å². The first-order valence-corrected chi connectivity index (χ1v) is 8.80. The fourth-order valence-corrected chi connectivity index (χ4v) is 3.64. The number of rotatable bonds is 5. The summed E-state index contributed by atoms with van der Waals surface area (Å²) in [6, 6.07) is 16.8. The normalized spacial score (nSPS) is 20.3. The second-order valence-corrected chi connectivity index (χ2v) is 6.89. The van der Waals surface area contributed by atoms with Crippen LogP contribution in [0.3, 0.4) is 0 Å². The molecule has 0 spiro atoms. The van der Waals surface area contributed by atoms with Gasteiger partial charge in [-0.05, 0) is 29.7 Å². The molecule has 2 aromatic rings. The zero-order valence-electron chi connectivity index (χ0n) is 13.5. The lowest BCUT2D eigenvalue weighted by atomic mass is 9.85. The zero-order valence-corrected chi connectivity index (χ0v) is 15.0. The van der Waals surface area contributed by atoms with Crippen molar-refractivity contribution in [2.45, 2.75) is 31.8 Å². The molecule has 0 saturated carbocycles. The number of hydrogen-bond donors (Lipinski definition) is 1. The molecule has 24 heavy (non-hydrogen) atoms. The molecular weight excluding hydrogens is 368 g/mol. The van der Waals surface area contributed by atoms with Crippen molar-refractivity contribution in [1.29, 1.82) is 0 Å². The van der Waals surface area contributed by atoms with E-state index in [1.807, 2.05) is 61.5 Å². The number of carbonyl (C=O) groups is 2. The van der Waals surface area contributed by atoms with Gasteiger partial charge in [-0.15, -0.1) is 0 Å². The summed E-state index contributed by atoms with van der Waals surface area (Å²) >= 11 is 3.42. The molecule has 124 valence electrons. The second-order valence-electron chi connectivity index (χ2n) is 5.97. The summed E-state index contributed by atoms with van der Waals surface area (Å²) in [7, 11) is 0.